The number of anilines is 1. The first-order valence-electron chi connectivity index (χ1n) is 11.1. The van der Waals surface area contributed by atoms with Crippen molar-refractivity contribution in [2.24, 2.45) is 5.92 Å². The average molecular weight is 437 g/mol. The summed E-state index contributed by atoms with van der Waals surface area (Å²) in [7, 11) is 1.64. The number of methoxy groups -OCH3 is 1. The van der Waals surface area contributed by atoms with E-state index in [0.717, 1.165) is 11.5 Å². The normalized spacial score (nSPS) is 31.4. The number of amides is 1. The number of carbonyl (C=O) groups is 1. The van der Waals surface area contributed by atoms with Crippen molar-refractivity contribution in [3.05, 3.63) is 18.1 Å². The number of halogens is 1. The van der Waals surface area contributed by atoms with Gasteiger partial charge < -0.3 is 19.3 Å². The van der Waals surface area contributed by atoms with Gasteiger partial charge in [0.1, 0.15) is 18.3 Å². The molecule has 2 N–H and O–H groups in total. The highest BCUT2D eigenvalue weighted by atomic mass is 19.1. The minimum Gasteiger partial charge on any atom is -0.383 e. The molecular formula is C21H33FN6O3. The van der Waals surface area contributed by atoms with Crippen LogP contribution in [0.4, 0.5) is 10.2 Å². The van der Waals surface area contributed by atoms with E-state index in [4.69, 9.17) is 9.47 Å². The first-order valence-corrected chi connectivity index (χ1v) is 11.1. The van der Waals surface area contributed by atoms with E-state index in [1.807, 2.05) is 29.7 Å². The Kier molecular flexibility index (Phi) is 7.00. The minimum atomic E-state index is -0.974. The molecule has 31 heavy (non-hydrogen) atoms. The first-order chi connectivity index (χ1) is 15.0. The van der Waals surface area contributed by atoms with E-state index in [9.17, 15) is 9.18 Å². The van der Waals surface area contributed by atoms with Crippen LogP contribution in [0.3, 0.4) is 0 Å². The highest BCUT2D eigenvalue weighted by molar-refractivity contribution is 5.82. The van der Waals surface area contributed by atoms with E-state index in [2.05, 4.69) is 20.8 Å². The number of nitrogens with zero attached hydrogens (tertiary/aromatic N) is 4. The third kappa shape index (κ3) is 4.97. The Hall–Kier alpha value is -1.88. The summed E-state index contributed by atoms with van der Waals surface area (Å²) in [4.78, 5) is 25.2. The van der Waals surface area contributed by atoms with Crippen LogP contribution in [0.2, 0.25) is 0 Å². The van der Waals surface area contributed by atoms with Crippen LogP contribution in [0.25, 0.3) is 0 Å². The summed E-state index contributed by atoms with van der Waals surface area (Å²) in [5, 5.41) is 0. The maximum atomic E-state index is 14.6. The summed E-state index contributed by atoms with van der Waals surface area (Å²) in [5.74, 6) is 0.981. The highest BCUT2D eigenvalue weighted by Gasteiger charge is 2.46. The Morgan fingerprint density at radius 1 is 1.26 bits per heavy atom. The van der Waals surface area contributed by atoms with Crippen molar-refractivity contribution in [2.75, 3.05) is 44.8 Å². The molecule has 10 heteroatoms. The van der Waals surface area contributed by atoms with Crippen molar-refractivity contribution in [3.8, 4) is 0 Å². The predicted molar refractivity (Wildman–Crippen MR) is 113 cm³/mol. The molecule has 5 atom stereocenters. The summed E-state index contributed by atoms with van der Waals surface area (Å²) in [6.07, 6.45) is 1.21. The smallest absolute Gasteiger partial charge is 0.242 e. The van der Waals surface area contributed by atoms with E-state index >= 15 is 0 Å². The van der Waals surface area contributed by atoms with Gasteiger partial charge in [-0.05, 0) is 26.7 Å². The van der Waals surface area contributed by atoms with Crippen molar-refractivity contribution >= 4 is 11.7 Å². The molecule has 1 aliphatic carbocycles. The number of carbonyl (C=O) groups excluding carboxylic acids is 1. The molecule has 9 nitrogen and oxygen atoms in total. The van der Waals surface area contributed by atoms with Gasteiger partial charge in [0.2, 0.25) is 5.91 Å². The average Bonchev–Trinajstić information content (AvgIpc) is 3.15. The van der Waals surface area contributed by atoms with Crippen molar-refractivity contribution < 1.29 is 18.7 Å². The first kappa shape index (κ1) is 22.3. The van der Waals surface area contributed by atoms with E-state index < -0.39 is 12.3 Å². The lowest BCUT2D eigenvalue weighted by Crippen LogP contribution is -2.51. The summed E-state index contributed by atoms with van der Waals surface area (Å²) in [6.45, 7) is 6.66. The van der Waals surface area contributed by atoms with Crippen LogP contribution in [0, 0.1) is 5.92 Å². The molecule has 172 valence electrons. The molecule has 0 aromatic carbocycles. The summed E-state index contributed by atoms with van der Waals surface area (Å²) in [6, 6.07) is 1.92. The van der Waals surface area contributed by atoms with Gasteiger partial charge in [0, 0.05) is 44.8 Å². The number of hydrogen-bond acceptors (Lipinski definition) is 8. The largest absolute Gasteiger partial charge is 0.383 e. The molecule has 1 amide bonds. The van der Waals surface area contributed by atoms with Crippen LogP contribution in [-0.2, 0) is 14.3 Å². The van der Waals surface area contributed by atoms with E-state index in [1.165, 1.54) is 0 Å². The second-order valence-corrected chi connectivity index (χ2v) is 8.84. The van der Waals surface area contributed by atoms with E-state index in [-0.39, 0.29) is 36.6 Å². The van der Waals surface area contributed by atoms with Crippen molar-refractivity contribution in [1.29, 1.82) is 0 Å². The molecule has 5 unspecified atom stereocenters. The Balaban J connectivity index is 1.44. The zero-order chi connectivity index (χ0) is 22.0. The van der Waals surface area contributed by atoms with Gasteiger partial charge >= 0.3 is 0 Å². The Labute approximate surface area is 182 Å². The van der Waals surface area contributed by atoms with Crippen LogP contribution in [0.5, 0.6) is 0 Å². The molecule has 3 fully saturated rings. The van der Waals surface area contributed by atoms with Crippen molar-refractivity contribution in [3.63, 3.8) is 0 Å². The number of ether oxygens (including phenoxy) is 2. The molecule has 1 aromatic heterocycles. The van der Waals surface area contributed by atoms with Gasteiger partial charge in [0.25, 0.3) is 0 Å². The third-order valence-electron chi connectivity index (χ3n) is 6.40. The minimum absolute atomic E-state index is 0.00804. The maximum absolute atomic E-state index is 14.6. The van der Waals surface area contributed by atoms with Gasteiger partial charge in [0.05, 0.1) is 37.1 Å². The molecule has 3 heterocycles. The lowest BCUT2D eigenvalue weighted by Gasteiger charge is -2.36. The molecule has 0 radical (unpaired) electrons. The van der Waals surface area contributed by atoms with Crippen molar-refractivity contribution in [2.45, 2.75) is 57.2 Å². The Morgan fingerprint density at radius 3 is 2.84 bits per heavy atom. The number of hydrogen-bond donors (Lipinski definition) is 2. The maximum Gasteiger partial charge on any atom is 0.242 e. The second-order valence-electron chi connectivity index (χ2n) is 8.84. The zero-order valence-electron chi connectivity index (χ0n) is 18.5. The molecule has 4 rings (SSSR count). The molecule has 0 spiro atoms. The zero-order valence-corrected chi connectivity index (χ0v) is 18.5. The summed E-state index contributed by atoms with van der Waals surface area (Å²) in [5.41, 5.74) is 7.41. The molecule has 1 aromatic rings. The van der Waals surface area contributed by atoms with Gasteiger partial charge in [0.15, 0.2) is 0 Å². The van der Waals surface area contributed by atoms with Crippen LogP contribution in [0.15, 0.2) is 12.4 Å². The number of hydrazine groups is 1. The molecule has 2 aliphatic heterocycles. The van der Waals surface area contributed by atoms with Gasteiger partial charge in [-0.2, -0.15) is 0 Å². The highest BCUT2D eigenvalue weighted by Crippen LogP contribution is 2.40. The number of rotatable bonds is 7. The fourth-order valence-corrected chi connectivity index (χ4v) is 4.82. The summed E-state index contributed by atoms with van der Waals surface area (Å²) < 4.78 is 25.5. The van der Waals surface area contributed by atoms with Gasteiger partial charge in [-0.1, -0.05) is 0 Å². The fraction of sp³-hybridized carbons (Fsp3) is 0.762. The number of fused-ring (bicyclic) bond motifs is 1. The summed E-state index contributed by atoms with van der Waals surface area (Å²) >= 11 is 0. The molecule has 0 bridgehead atoms. The van der Waals surface area contributed by atoms with Crippen LogP contribution in [0.1, 0.15) is 38.4 Å². The van der Waals surface area contributed by atoms with Gasteiger partial charge in [-0.25, -0.2) is 19.8 Å². The Morgan fingerprint density at radius 2 is 2.10 bits per heavy atom. The lowest BCUT2D eigenvalue weighted by atomic mass is 9.78. The monoisotopic (exact) mass is 436 g/mol. The Bertz CT molecular complexity index is 768. The topological polar surface area (TPSA) is 91.8 Å². The lowest BCUT2D eigenvalue weighted by molar-refractivity contribution is -0.131. The molecule has 1 saturated carbocycles. The van der Waals surface area contributed by atoms with Crippen LogP contribution in [-0.4, -0.2) is 85.1 Å². The number of alkyl halides is 1. The van der Waals surface area contributed by atoms with Gasteiger partial charge in [-0.15, -0.1) is 0 Å². The van der Waals surface area contributed by atoms with E-state index in [1.54, 1.807) is 13.4 Å². The van der Waals surface area contributed by atoms with Crippen LogP contribution >= 0.6 is 0 Å². The molecule has 2 saturated heterocycles. The third-order valence-corrected chi connectivity index (χ3v) is 6.40. The van der Waals surface area contributed by atoms with E-state index in [0.29, 0.717) is 39.1 Å². The van der Waals surface area contributed by atoms with Crippen molar-refractivity contribution in [1.82, 2.24) is 25.7 Å². The fourth-order valence-electron chi connectivity index (χ4n) is 4.82. The van der Waals surface area contributed by atoms with Gasteiger partial charge in [-0.3, -0.25) is 10.2 Å². The molecular weight excluding hydrogens is 403 g/mol. The predicted octanol–water partition coefficient (Wildman–Crippen LogP) is 0.831. The second kappa shape index (κ2) is 9.72. The van der Waals surface area contributed by atoms with Crippen LogP contribution < -0.4 is 15.8 Å². The number of nitrogens with one attached hydrogen (secondary N) is 2. The standard InChI is InChI=1S/C21H33FN6O3/c1-13(2)31-18-8-14-16(9-15(18)22)25-26-21(14)17-10-19(24-12-23-17)28-5-4-27(6-7-30-3)20(29)11-28/h10,12-16,18,21,25-26H,4-9,11H2,1-3H3. The quantitative estimate of drug-likeness (QED) is 0.650. The number of aromatic nitrogens is 2. The number of piperazine rings is 1. The SMILES string of the molecule is COCCN1CCN(c2cc(C3NNC4CC(F)C(OC(C)C)CC43)ncn2)CC1=O. The molecule has 3 aliphatic rings.